The zero-order valence-electron chi connectivity index (χ0n) is 8.11. The second-order valence-electron chi connectivity index (χ2n) is 3.09. The van der Waals surface area contributed by atoms with E-state index in [0.29, 0.717) is 16.7 Å². The quantitative estimate of drug-likeness (QED) is 0.893. The number of nitrogens with zero attached hydrogens (tertiary/aromatic N) is 2. The first kappa shape index (κ1) is 11.2. The molecule has 1 aromatic heterocycles. The molecule has 0 saturated carbocycles. The Morgan fingerprint density at radius 3 is 2.56 bits per heavy atom. The molecular formula is C10H8BrClN4. The standard InChI is InChI=1S/C10H8BrClN4/c11-6-1-2-9(8(12)3-6)16-10-14-4-7(13)5-15-10/h1-5H,13H2,(H,14,15,16). The topological polar surface area (TPSA) is 63.8 Å². The number of nitrogens with two attached hydrogens (primary N) is 1. The van der Waals surface area contributed by atoms with Crippen LogP contribution in [0.3, 0.4) is 0 Å². The molecule has 0 bridgehead atoms. The lowest BCUT2D eigenvalue weighted by molar-refractivity contribution is 1.17. The van der Waals surface area contributed by atoms with Gasteiger partial charge in [0.2, 0.25) is 5.95 Å². The van der Waals surface area contributed by atoms with Crippen LogP contribution in [0.25, 0.3) is 0 Å². The van der Waals surface area contributed by atoms with Crippen molar-refractivity contribution in [2.45, 2.75) is 0 Å². The minimum Gasteiger partial charge on any atom is -0.396 e. The predicted octanol–water partition coefficient (Wildman–Crippen LogP) is 3.22. The molecule has 0 saturated heterocycles. The minimum atomic E-state index is 0.457. The third-order valence-electron chi connectivity index (χ3n) is 1.85. The summed E-state index contributed by atoms with van der Waals surface area (Å²) in [4.78, 5) is 8.04. The van der Waals surface area contributed by atoms with Crippen LogP contribution in [0.5, 0.6) is 0 Å². The van der Waals surface area contributed by atoms with Crippen molar-refractivity contribution in [1.82, 2.24) is 9.97 Å². The van der Waals surface area contributed by atoms with Gasteiger partial charge in [-0.3, -0.25) is 0 Å². The highest BCUT2D eigenvalue weighted by Crippen LogP contribution is 2.27. The van der Waals surface area contributed by atoms with E-state index >= 15 is 0 Å². The maximum Gasteiger partial charge on any atom is 0.227 e. The van der Waals surface area contributed by atoms with Crippen LogP contribution in [-0.2, 0) is 0 Å². The maximum atomic E-state index is 6.04. The van der Waals surface area contributed by atoms with Crippen LogP contribution in [0, 0.1) is 0 Å². The van der Waals surface area contributed by atoms with E-state index in [1.165, 1.54) is 12.4 Å². The number of rotatable bonds is 2. The van der Waals surface area contributed by atoms with E-state index in [1.54, 1.807) is 6.07 Å². The fraction of sp³-hybridized carbons (Fsp3) is 0. The van der Waals surface area contributed by atoms with Gasteiger partial charge >= 0.3 is 0 Å². The molecule has 6 heteroatoms. The summed E-state index contributed by atoms with van der Waals surface area (Å²) in [5.74, 6) is 0.457. The number of nitrogens with one attached hydrogen (secondary N) is 1. The molecule has 2 rings (SSSR count). The number of hydrogen-bond donors (Lipinski definition) is 2. The van der Waals surface area contributed by atoms with E-state index in [9.17, 15) is 0 Å². The van der Waals surface area contributed by atoms with Crippen molar-refractivity contribution in [1.29, 1.82) is 0 Å². The first-order chi connectivity index (χ1) is 7.65. The van der Waals surface area contributed by atoms with Crippen molar-refractivity contribution >= 4 is 44.9 Å². The molecule has 0 aliphatic carbocycles. The highest BCUT2D eigenvalue weighted by Gasteiger charge is 2.02. The van der Waals surface area contributed by atoms with Crippen molar-refractivity contribution in [3.8, 4) is 0 Å². The first-order valence-corrected chi connectivity index (χ1v) is 5.62. The van der Waals surface area contributed by atoms with Gasteiger partial charge in [-0.25, -0.2) is 9.97 Å². The molecule has 1 aromatic carbocycles. The Morgan fingerprint density at radius 1 is 1.25 bits per heavy atom. The lowest BCUT2D eigenvalue weighted by Gasteiger charge is -2.06. The van der Waals surface area contributed by atoms with Crippen LogP contribution in [0.4, 0.5) is 17.3 Å². The van der Waals surface area contributed by atoms with Crippen LogP contribution in [0.2, 0.25) is 5.02 Å². The SMILES string of the molecule is Nc1cnc(Nc2ccc(Br)cc2Cl)nc1. The molecule has 82 valence electrons. The molecule has 1 heterocycles. The largest absolute Gasteiger partial charge is 0.396 e. The van der Waals surface area contributed by atoms with Crippen LogP contribution in [-0.4, -0.2) is 9.97 Å². The fourth-order valence-electron chi connectivity index (χ4n) is 1.11. The van der Waals surface area contributed by atoms with Crippen LogP contribution in [0.15, 0.2) is 35.1 Å². The third-order valence-corrected chi connectivity index (χ3v) is 2.66. The van der Waals surface area contributed by atoms with Gasteiger partial charge in [0.15, 0.2) is 0 Å². The highest BCUT2D eigenvalue weighted by molar-refractivity contribution is 9.10. The number of aromatic nitrogens is 2. The van der Waals surface area contributed by atoms with Crippen molar-refractivity contribution in [3.63, 3.8) is 0 Å². The Bertz CT molecular complexity index is 501. The lowest BCUT2D eigenvalue weighted by Crippen LogP contribution is -1.98. The predicted molar refractivity (Wildman–Crippen MR) is 68.9 cm³/mol. The van der Waals surface area contributed by atoms with Crippen molar-refractivity contribution in [3.05, 3.63) is 40.1 Å². The molecule has 0 spiro atoms. The fourth-order valence-corrected chi connectivity index (χ4v) is 1.83. The summed E-state index contributed by atoms with van der Waals surface area (Å²) in [6.07, 6.45) is 3.06. The van der Waals surface area contributed by atoms with Gasteiger partial charge in [-0.05, 0) is 18.2 Å². The van der Waals surface area contributed by atoms with Gasteiger partial charge < -0.3 is 11.1 Å². The monoisotopic (exact) mass is 298 g/mol. The van der Waals surface area contributed by atoms with E-state index in [4.69, 9.17) is 17.3 Å². The van der Waals surface area contributed by atoms with Crippen molar-refractivity contribution in [2.24, 2.45) is 0 Å². The molecule has 0 aliphatic rings. The molecular weight excluding hydrogens is 291 g/mol. The molecule has 0 atom stereocenters. The normalized spacial score (nSPS) is 10.1. The van der Waals surface area contributed by atoms with E-state index in [-0.39, 0.29) is 0 Å². The second kappa shape index (κ2) is 4.67. The molecule has 3 N–H and O–H groups in total. The second-order valence-corrected chi connectivity index (χ2v) is 4.41. The molecule has 0 radical (unpaired) electrons. The van der Waals surface area contributed by atoms with Gasteiger partial charge in [0.05, 0.1) is 28.8 Å². The molecule has 0 aliphatic heterocycles. The highest BCUT2D eigenvalue weighted by atomic mass is 79.9. The average molecular weight is 300 g/mol. The first-order valence-electron chi connectivity index (χ1n) is 4.45. The Labute approximate surface area is 106 Å². The summed E-state index contributed by atoms with van der Waals surface area (Å²) in [7, 11) is 0. The average Bonchev–Trinajstić information content (AvgIpc) is 2.25. The summed E-state index contributed by atoms with van der Waals surface area (Å²) < 4.78 is 0.918. The maximum absolute atomic E-state index is 6.04. The molecule has 0 unspecified atom stereocenters. The van der Waals surface area contributed by atoms with E-state index in [2.05, 4.69) is 31.2 Å². The smallest absolute Gasteiger partial charge is 0.227 e. The van der Waals surface area contributed by atoms with Gasteiger partial charge in [0.25, 0.3) is 0 Å². The summed E-state index contributed by atoms with van der Waals surface area (Å²) in [6.45, 7) is 0. The van der Waals surface area contributed by atoms with Crippen molar-refractivity contribution in [2.75, 3.05) is 11.1 Å². The number of anilines is 3. The number of benzene rings is 1. The summed E-state index contributed by atoms with van der Waals surface area (Å²) in [5.41, 5.74) is 6.75. The summed E-state index contributed by atoms with van der Waals surface area (Å²) >= 11 is 9.37. The lowest BCUT2D eigenvalue weighted by atomic mass is 10.3. The van der Waals surface area contributed by atoms with Gasteiger partial charge in [-0.2, -0.15) is 0 Å². The molecule has 2 aromatic rings. The minimum absolute atomic E-state index is 0.457. The Kier molecular flexibility index (Phi) is 3.26. The van der Waals surface area contributed by atoms with Crippen LogP contribution in [0.1, 0.15) is 0 Å². The zero-order valence-corrected chi connectivity index (χ0v) is 10.5. The number of halogens is 2. The zero-order chi connectivity index (χ0) is 11.5. The molecule has 4 nitrogen and oxygen atoms in total. The van der Waals surface area contributed by atoms with E-state index in [0.717, 1.165) is 10.2 Å². The Hall–Kier alpha value is -1.33. The van der Waals surface area contributed by atoms with Gasteiger partial charge in [-0.15, -0.1) is 0 Å². The number of hydrogen-bond acceptors (Lipinski definition) is 4. The Morgan fingerprint density at radius 2 is 1.94 bits per heavy atom. The van der Waals surface area contributed by atoms with E-state index in [1.807, 2.05) is 12.1 Å². The molecule has 16 heavy (non-hydrogen) atoms. The van der Waals surface area contributed by atoms with Gasteiger partial charge in [0.1, 0.15) is 0 Å². The Balaban J connectivity index is 2.23. The van der Waals surface area contributed by atoms with Gasteiger partial charge in [0, 0.05) is 4.47 Å². The van der Waals surface area contributed by atoms with Gasteiger partial charge in [-0.1, -0.05) is 27.5 Å². The van der Waals surface area contributed by atoms with Crippen LogP contribution < -0.4 is 11.1 Å². The molecule has 0 fully saturated rings. The van der Waals surface area contributed by atoms with Crippen molar-refractivity contribution < 1.29 is 0 Å². The van der Waals surface area contributed by atoms with Crippen LogP contribution >= 0.6 is 27.5 Å². The van der Waals surface area contributed by atoms with E-state index < -0.39 is 0 Å². The summed E-state index contributed by atoms with van der Waals surface area (Å²) in [6, 6.07) is 5.51. The summed E-state index contributed by atoms with van der Waals surface area (Å²) in [5, 5.41) is 3.59. The molecule has 0 amide bonds. The number of nitrogen functional groups attached to an aromatic ring is 1. The third kappa shape index (κ3) is 2.62.